The number of phenolic OH excluding ortho intramolecular Hbond substituents is 1. The molecule has 4 heteroatoms. The highest BCUT2D eigenvalue weighted by Crippen LogP contribution is 2.35. The second kappa shape index (κ2) is 5.30. The van der Waals surface area contributed by atoms with Gasteiger partial charge in [0.2, 0.25) is 0 Å². The largest absolute Gasteiger partial charge is 0.508 e. The molecule has 0 saturated heterocycles. The molecule has 0 fully saturated rings. The van der Waals surface area contributed by atoms with Gasteiger partial charge in [-0.3, -0.25) is 0 Å². The van der Waals surface area contributed by atoms with Crippen molar-refractivity contribution in [2.45, 2.75) is 33.1 Å². The van der Waals surface area contributed by atoms with Crippen LogP contribution in [0.25, 0.3) is 11.0 Å². The van der Waals surface area contributed by atoms with E-state index in [1.807, 2.05) is 42.8 Å². The summed E-state index contributed by atoms with van der Waals surface area (Å²) in [5.74, 6) is 2.73. The molecule has 1 aromatic heterocycles. The van der Waals surface area contributed by atoms with E-state index in [-0.39, 0.29) is 5.41 Å². The number of hydrogen-bond acceptors (Lipinski definition) is 3. The van der Waals surface area contributed by atoms with Gasteiger partial charge in [-0.25, -0.2) is 4.98 Å². The Morgan fingerprint density at radius 1 is 1.04 bits per heavy atom. The van der Waals surface area contributed by atoms with Gasteiger partial charge in [0.1, 0.15) is 23.1 Å². The molecule has 0 unspecified atom stereocenters. The minimum atomic E-state index is -0.146. The van der Waals surface area contributed by atoms with E-state index in [9.17, 15) is 5.11 Å². The molecule has 120 valence electrons. The van der Waals surface area contributed by atoms with Crippen molar-refractivity contribution in [1.82, 2.24) is 9.55 Å². The van der Waals surface area contributed by atoms with Gasteiger partial charge in [-0.2, -0.15) is 0 Å². The Labute approximate surface area is 136 Å². The van der Waals surface area contributed by atoms with Gasteiger partial charge in [-0.1, -0.05) is 20.8 Å². The first kappa shape index (κ1) is 15.4. The predicted molar refractivity (Wildman–Crippen MR) is 92.3 cm³/mol. The summed E-state index contributed by atoms with van der Waals surface area (Å²) in [6.07, 6.45) is 0. The number of fused-ring (bicyclic) bond motifs is 1. The summed E-state index contributed by atoms with van der Waals surface area (Å²) in [6.45, 7) is 8.18. The Kier molecular flexibility index (Phi) is 3.55. The molecule has 0 aliphatic carbocycles. The number of aryl methyl sites for hydroxylation is 2. The Morgan fingerprint density at radius 3 is 2.39 bits per heavy atom. The zero-order chi connectivity index (χ0) is 16.8. The molecule has 0 bridgehead atoms. The number of imidazole rings is 1. The van der Waals surface area contributed by atoms with Gasteiger partial charge in [-0.05, 0) is 42.7 Å². The van der Waals surface area contributed by atoms with Gasteiger partial charge in [-0.15, -0.1) is 0 Å². The fraction of sp³-hybridized carbons (Fsp3) is 0.316. The van der Waals surface area contributed by atoms with E-state index in [4.69, 9.17) is 4.74 Å². The van der Waals surface area contributed by atoms with Crippen molar-refractivity contribution in [3.05, 3.63) is 47.8 Å². The molecule has 0 radical (unpaired) electrons. The fourth-order valence-corrected chi connectivity index (χ4v) is 2.67. The number of aromatic nitrogens is 2. The van der Waals surface area contributed by atoms with Crippen molar-refractivity contribution in [1.29, 1.82) is 0 Å². The van der Waals surface area contributed by atoms with Gasteiger partial charge < -0.3 is 14.4 Å². The summed E-state index contributed by atoms with van der Waals surface area (Å²) in [5, 5.41) is 10.1. The monoisotopic (exact) mass is 310 g/mol. The minimum Gasteiger partial charge on any atom is -0.508 e. The van der Waals surface area contributed by atoms with Crippen LogP contribution in [0, 0.1) is 6.92 Å². The van der Waals surface area contributed by atoms with E-state index in [1.165, 1.54) is 0 Å². The van der Waals surface area contributed by atoms with Gasteiger partial charge in [0.25, 0.3) is 0 Å². The van der Waals surface area contributed by atoms with E-state index in [0.29, 0.717) is 11.5 Å². The maximum Gasteiger partial charge on any atom is 0.129 e. The van der Waals surface area contributed by atoms with Crippen LogP contribution in [-0.2, 0) is 12.5 Å². The molecule has 0 amide bonds. The first-order valence-corrected chi connectivity index (χ1v) is 7.70. The lowest BCUT2D eigenvalue weighted by Gasteiger charge is -2.21. The lowest BCUT2D eigenvalue weighted by molar-refractivity contribution is 0.438. The Balaban J connectivity index is 1.97. The number of benzene rings is 2. The van der Waals surface area contributed by atoms with Crippen LogP contribution in [-0.4, -0.2) is 14.7 Å². The van der Waals surface area contributed by atoms with E-state index in [0.717, 1.165) is 28.2 Å². The molecular formula is C19H22N2O2. The summed E-state index contributed by atoms with van der Waals surface area (Å²) >= 11 is 0. The van der Waals surface area contributed by atoms with Crippen LogP contribution in [0.2, 0.25) is 0 Å². The number of hydrogen-bond donors (Lipinski definition) is 1. The summed E-state index contributed by atoms with van der Waals surface area (Å²) in [6, 6.07) is 11.2. The molecule has 0 spiro atoms. The predicted octanol–water partition coefficient (Wildman–Crippen LogP) is 4.68. The molecule has 3 rings (SSSR count). The van der Waals surface area contributed by atoms with Crippen molar-refractivity contribution in [2.24, 2.45) is 7.05 Å². The first-order chi connectivity index (χ1) is 10.8. The third kappa shape index (κ3) is 2.89. The normalized spacial score (nSPS) is 11.9. The molecule has 4 nitrogen and oxygen atoms in total. The van der Waals surface area contributed by atoms with Crippen LogP contribution >= 0.6 is 0 Å². The maximum atomic E-state index is 10.1. The lowest BCUT2D eigenvalue weighted by Crippen LogP contribution is -2.11. The molecule has 1 N–H and O–H groups in total. The molecule has 1 heterocycles. The summed E-state index contributed by atoms with van der Waals surface area (Å²) in [7, 11) is 1.99. The zero-order valence-electron chi connectivity index (χ0n) is 14.2. The van der Waals surface area contributed by atoms with Crippen molar-refractivity contribution in [3.8, 4) is 17.2 Å². The topological polar surface area (TPSA) is 47.3 Å². The highest BCUT2D eigenvalue weighted by molar-refractivity contribution is 5.77. The van der Waals surface area contributed by atoms with Crippen LogP contribution in [0.3, 0.4) is 0 Å². The molecule has 0 aliphatic rings. The number of aromatic hydroxyl groups is 1. The Bertz CT molecular complexity index is 873. The van der Waals surface area contributed by atoms with E-state index in [2.05, 4.69) is 25.8 Å². The summed E-state index contributed by atoms with van der Waals surface area (Å²) in [5.41, 5.74) is 2.72. The second-order valence-electron chi connectivity index (χ2n) is 6.90. The van der Waals surface area contributed by atoms with Gasteiger partial charge >= 0.3 is 0 Å². The molecule has 0 aliphatic heterocycles. The number of ether oxygens (including phenoxy) is 1. The average molecular weight is 310 g/mol. The van der Waals surface area contributed by atoms with E-state index < -0.39 is 0 Å². The van der Waals surface area contributed by atoms with Crippen LogP contribution in [0.1, 0.15) is 32.2 Å². The van der Waals surface area contributed by atoms with Crippen molar-refractivity contribution < 1.29 is 9.84 Å². The third-order valence-electron chi connectivity index (χ3n) is 4.09. The quantitative estimate of drug-likeness (QED) is 0.747. The molecule has 0 atom stereocenters. The van der Waals surface area contributed by atoms with Gasteiger partial charge in [0.15, 0.2) is 0 Å². The third-order valence-corrected chi connectivity index (χ3v) is 4.09. The number of phenols is 1. The highest BCUT2D eigenvalue weighted by Gasteiger charge is 2.19. The zero-order valence-corrected chi connectivity index (χ0v) is 14.2. The number of rotatable bonds is 2. The van der Waals surface area contributed by atoms with E-state index >= 15 is 0 Å². The Hall–Kier alpha value is -2.49. The smallest absolute Gasteiger partial charge is 0.129 e. The number of nitrogens with zero attached hydrogens (tertiary/aromatic N) is 2. The average Bonchev–Trinajstić information content (AvgIpc) is 2.75. The molecule has 23 heavy (non-hydrogen) atoms. The van der Waals surface area contributed by atoms with Crippen LogP contribution in [0.15, 0.2) is 36.4 Å². The maximum absolute atomic E-state index is 10.1. The molecule has 2 aromatic carbocycles. The Morgan fingerprint density at radius 2 is 1.70 bits per heavy atom. The summed E-state index contributed by atoms with van der Waals surface area (Å²) in [4.78, 5) is 4.49. The highest BCUT2D eigenvalue weighted by atomic mass is 16.5. The van der Waals surface area contributed by atoms with Crippen LogP contribution in [0.5, 0.6) is 17.2 Å². The fourth-order valence-electron chi connectivity index (χ4n) is 2.67. The van der Waals surface area contributed by atoms with Gasteiger partial charge in [0.05, 0.1) is 11.0 Å². The SMILES string of the molecule is Cc1nc2ccc(Oc3ccc(O)c(C(C)(C)C)c3)cc2n1C. The van der Waals surface area contributed by atoms with Crippen molar-refractivity contribution in [3.63, 3.8) is 0 Å². The van der Waals surface area contributed by atoms with Crippen molar-refractivity contribution in [2.75, 3.05) is 0 Å². The lowest BCUT2D eigenvalue weighted by atomic mass is 9.86. The molecule has 3 aromatic rings. The minimum absolute atomic E-state index is 0.146. The first-order valence-electron chi connectivity index (χ1n) is 7.70. The van der Waals surface area contributed by atoms with Crippen LogP contribution < -0.4 is 4.74 Å². The van der Waals surface area contributed by atoms with Crippen LogP contribution in [0.4, 0.5) is 0 Å². The molecule has 0 saturated carbocycles. The molecular weight excluding hydrogens is 288 g/mol. The second-order valence-corrected chi connectivity index (χ2v) is 6.90. The summed E-state index contributed by atoms with van der Waals surface area (Å²) < 4.78 is 8.03. The van der Waals surface area contributed by atoms with E-state index in [1.54, 1.807) is 12.1 Å². The van der Waals surface area contributed by atoms with Crippen molar-refractivity contribution >= 4 is 11.0 Å². The van der Waals surface area contributed by atoms with Gasteiger partial charge in [0, 0.05) is 18.7 Å². The standard InChI is InChI=1S/C19H22N2O2/c1-12-20-16-8-6-14(11-17(16)21(12)5)23-13-7-9-18(22)15(10-13)19(2,3)4/h6-11,22H,1-5H3.